The molecule has 0 aliphatic carbocycles. The normalized spacial score (nSPS) is 13.8. The predicted molar refractivity (Wildman–Crippen MR) is 263 cm³/mol. The van der Waals surface area contributed by atoms with E-state index in [1.807, 2.05) is 12.1 Å². The van der Waals surface area contributed by atoms with Crippen LogP contribution in [0.3, 0.4) is 0 Å². The van der Waals surface area contributed by atoms with Gasteiger partial charge in [-0.25, -0.2) is 0 Å². The summed E-state index contributed by atoms with van der Waals surface area (Å²) in [5.41, 5.74) is 20.0. The van der Waals surface area contributed by atoms with E-state index in [0.29, 0.717) is 0 Å². The van der Waals surface area contributed by atoms with E-state index in [2.05, 4.69) is 206 Å². The molecule has 304 valence electrons. The highest BCUT2D eigenvalue weighted by molar-refractivity contribution is 7.00. The first-order valence-electron chi connectivity index (χ1n) is 22.5. The van der Waals surface area contributed by atoms with Gasteiger partial charge in [0.25, 0.3) is 6.71 Å². The van der Waals surface area contributed by atoms with Crippen LogP contribution in [0.2, 0.25) is 0 Å². The number of rotatable bonds is 9. The Morgan fingerprint density at radius 3 is 1.46 bits per heavy atom. The molecule has 0 atom stereocenters. The highest BCUT2D eigenvalue weighted by atomic mass is 16.3. The van der Waals surface area contributed by atoms with Crippen molar-refractivity contribution >= 4 is 79.2 Å². The molecule has 7 aromatic carbocycles. The minimum atomic E-state index is 0.0340. The van der Waals surface area contributed by atoms with Gasteiger partial charge < -0.3 is 14.2 Å². The van der Waals surface area contributed by atoms with E-state index in [4.69, 9.17) is 4.42 Å². The highest BCUT2D eigenvalue weighted by Crippen LogP contribution is 2.46. The van der Waals surface area contributed by atoms with Gasteiger partial charge in [0.2, 0.25) is 0 Å². The van der Waals surface area contributed by atoms with Crippen LogP contribution in [-0.4, -0.2) is 6.71 Å². The lowest BCUT2D eigenvalue weighted by atomic mass is 9.33. The van der Waals surface area contributed by atoms with Gasteiger partial charge in [-0.3, -0.25) is 0 Å². The van der Waals surface area contributed by atoms with E-state index in [1.165, 1.54) is 72.6 Å². The molecule has 0 unspecified atom stereocenters. The lowest BCUT2D eigenvalue weighted by Gasteiger charge is -2.45. The van der Waals surface area contributed by atoms with E-state index in [1.54, 1.807) is 0 Å². The standard InChI is InChI=1S/C57H57BN2O/c1-10-55(4,5)39-23-29-43(30-24-39)60-49-32-26-41(57(8,9)12-3)36-47(49)58-46-35-40(56(6,7)11-2)25-31-48(46)59(50-17-15-18-51(60)54(50)58)42-27-20-37(21-28-42)38-22-33-53-45(34-38)44-16-13-14-19-52(44)61-53/h13-36H,10-12H2,1-9H3. The van der Waals surface area contributed by atoms with E-state index < -0.39 is 0 Å². The molecular weight excluding hydrogens is 739 g/mol. The van der Waals surface area contributed by atoms with E-state index in [9.17, 15) is 0 Å². The van der Waals surface area contributed by atoms with Gasteiger partial charge in [0.1, 0.15) is 11.2 Å². The number of hydrogen-bond donors (Lipinski definition) is 0. The summed E-state index contributed by atoms with van der Waals surface area (Å²) in [6.07, 6.45) is 3.22. The summed E-state index contributed by atoms with van der Waals surface area (Å²) in [7, 11) is 0. The summed E-state index contributed by atoms with van der Waals surface area (Å²) in [5, 5.41) is 2.30. The lowest BCUT2D eigenvalue weighted by Crippen LogP contribution is -2.61. The summed E-state index contributed by atoms with van der Waals surface area (Å²) in [4.78, 5) is 5.07. The molecule has 3 heterocycles. The molecule has 3 nitrogen and oxygen atoms in total. The highest BCUT2D eigenvalue weighted by Gasteiger charge is 2.44. The Morgan fingerprint density at radius 2 is 0.902 bits per heavy atom. The summed E-state index contributed by atoms with van der Waals surface area (Å²) >= 11 is 0. The quantitative estimate of drug-likeness (QED) is 0.136. The monoisotopic (exact) mass is 796 g/mol. The Labute approximate surface area is 363 Å². The van der Waals surface area contributed by atoms with Crippen molar-refractivity contribution in [3.8, 4) is 11.1 Å². The molecule has 0 saturated heterocycles. The zero-order valence-electron chi connectivity index (χ0n) is 37.4. The molecule has 0 saturated carbocycles. The third-order valence-corrected chi connectivity index (χ3v) is 14.9. The average Bonchev–Trinajstić information content (AvgIpc) is 3.67. The second-order valence-electron chi connectivity index (χ2n) is 19.5. The van der Waals surface area contributed by atoms with Gasteiger partial charge in [0.05, 0.1) is 0 Å². The number of fused-ring (bicyclic) bond motifs is 7. The Kier molecular flexibility index (Phi) is 9.18. The van der Waals surface area contributed by atoms with Crippen molar-refractivity contribution in [3.05, 3.63) is 162 Å². The summed E-state index contributed by atoms with van der Waals surface area (Å²) in [6.45, 7) is 21.2. The zero-order valence-corrected chi connectivity index (χ0v) is 37.4. The molecule has 0 amide bonds. The van der Waals surface area contributed by atoms with Crippen molar-refractivity contribution in [2.45, 2.75) is 97.8 Å². The van der Waals surface area contributed by atoms with Crippen molar-refractivity contribution in [2.75, 3.05) is 9.80 Å². The van der Waals surface area contributed by atoms with Gasteiger partial charge in [-0.05, 0) is 146 Å². The molecule has 0 fully saturated rings. The Bertz CT molecular complexity index is 2970. The number of benzene rings is 7. The van der Waals surface area contributed by atoms with Gasteiger partial charge in [0.15, 0.2) is 0 Å². The average molecular weight is 797 g/mol. The first-order chi connectivity index (χ1) is 29.3. The Balaban J connectivity index is 1.18. The smallest absolute Gasteiger partial charge is 0.252 e. The van der Waals surface area contributed by atoms with Gasteiger partial charge >= 0.3 is 0 Å². The predicted octanol–water partition coefficient (Wildman–Crippen LogP) is 14.4. The number of nitrogens with zero attached hydrogens (tertiary/aromatic N) is 2. The second kappa shape index (κ2) is 14.3. The van der Waals surface area contributed by atoms with Crippen LogP contribution in [0, 0.1) is 0 Å². The van der Waals surface area contributed by atoms with Gasteiger partial charge in [-0.1, -0.05) is 141 Å². The first kappa shape index (κ1) is 39.2. The van der Waals surface area contributed by atoms with Gasteiger partial charge in [-0.2, -0.15) is 0 Å². The van der Waals surface area contributed by atoms with Crippen LogP contribution in [0.25, 0.3) is 33.1 Å². The van der Waals surface area contributed by atoms with Crippen LogP contribution in [-0.2, 0) is 16.2 Å². The Hall–Kier alpha value is -6.00. The van der Waals surface area contributed by atoms with Gasteiger partial charge in [-0.15, -0.1) is 0 Å². The van der Waals surface area contributed by atoms with E-state index >= 15 is 0 Å². The molecular formula is C57H57BN2O. The molecule has 61 heavy (non-hydrogen) atoms. The molecule has 2 aliphatic rings. The third kappa shape index (κ3) is 6.24. The number of hydrogen-bond acceptors (Lipinski definition) is 3. The molecule has 0 radical (unpaired) electrons. The first-order valence-corrected chi connectivity index (χ1v) is 22.5. The van der Waals surface area contributed by atoms with Crippen LogP contribution < -0.4 is 26.2 Å². The molecule has 8 aromatic rings. The lowest BCUT2D eigenvalue weighted by molar-refractivity contribution is 0.506. The van der Waals surface area contributed by atoms with Crippen molar-refractivity contribution < 1.29 is 4.42 Å². The molecule has 0 N–H and O–H groups in total. The van der Waals surface area contributed by atoms with Crippen molar-refractivity contribution in [1.82, 2.24) is 0 Å². The largest absolute Gasteiger partial charge is 0.456 e. The number of furan rings is 1. The number of anilines is 6. The van der Waals surface area contributed by atoms with E-state index in [0.717, 1.165) is 46.9 Å². The SMILES string of the molecule is CCC(C)(C)c1ccc(N2c3ccc(C(C)(C)CC)cc3B3c4cc(C(C)(C)CC)ccc4N(c4ccc(-c5ccc6oc7ccccc7c6c5)cc4)c4cccc2c43)cc1. The molecule has 1 aromatic heterocycles. The van der Waals surface area contributed by atoms with Crippen LogP contribution >= 0.6 is 0 Å². The molecule has 4 heteroatoms. The Morgan fingerprint density at radius 1 is 0.426 bits per heavy atom. The zero-order chi connectivity index (χ0) is 42.4. The maximum absolute atomic E-state index is 6.18. The van der Waals surface area contributed by atoms with Crippen LogP contribution in [0.5, 0.6) is 0 Å². The van der Waals surface area contributed by atoms with E-state index in [-0.39, 0.29) is 23.0 Å². The fourth-order valence-electron chi connectivity index (χ4n) is 9.72. The maximum atomic E-state index is 6.18. The summed E-state index contributed by atoms with van der Waals surface area (Å²) in [6, 6.07) is 55.1. The second-order valence-corrected chi connectivity index (χ2v) is 19.5. The molecule has 0 spiro atoms. The van der Waals surface area contributed by atoms with Crippen LogP contribution in [0.15, 0.2) is 150 Å². The molecule has 10 rings (SSSR count). The maximum Gasteiger partial charge on any atom is 0.252 e. The summed E-state index contributed by atoms with van der Waals surface area (Å²) in [5.74, 6) is 0. The van der Waals surface area contributed by atoms with Crippen molar-refractivity contribution in [2.24, 2.45) is 0 Å². The fourth-order valence-corrected chi connectivity index (χ4v) is 9.72. The van der Waals surface area contributed by atoms with Crippen molar-refractivity contribution in [3.63, 3.8) is 0 Å². The number of para-hydroxylation sites is 1. The van der Waals surface area contributed by atoms with Crippen LogP contribution in [0.1, 0.15) is 98.3 Å². The van der Waals surface area contributed by atoms with Gasteiger partial charge in [0, 0.05) is 44.9 Å². The summed E-state index contributed by atoms with van der Waals surface area (Å²) < 4.78 is 6.18. The molecule has 0 bridgehead atoms. The van der Waals surface area contributed by atoms with Crippen molar-refractivity contribution in [1.29, 1.82) is 0 Å². The third-order valence-electron chi connectivity index (χ3n) is 14.9. The minimum absolute atomic E-state index is 0.0340. The van der Waals surface area contributed by atoms with Crippen LogP contribution in [0.4, 0.5) is 34.1 Å². The minimum Gasteiger partial charge on any atom is -0.456 e. The fraction of sp³-hybridized carbons (Fsp3) is 0.263. The topological polar surface area (TPSA) is 19.6 Å². The molecule has 2 aliphatic heterocycles.